The fourth-order valence-corrected chi connectivity index (χ4v) is 1.58. The maximum Gasteiger partial charge on any atom is 0.323 e. The maximum atomic E-state index is 13.1. The fraction of sp³-hybridized carbons (Fsp3) is 0.0714. The molecule has 0 bridgehead atoms. The van der Waals surface area contributed by atoms with Crippen LogP contribution in [0.5, 0.6) is 5.75 Å². The number of halogens is 1. The van der Waals surface area contributed by atoms with Gasteiger partial charge in [-0.25, -0.2) is 9.18 Å². The van der Waals surface area contributed by atoms with Crippen LogP contribution in [-0.2, 0) is 0 Å². The molecule has 0 atom stereocenters. The Hall–Kier alpha value is -2.56. The van der Waals surface area contributed by atoms with Crippen LogP contribution in [0.25, 0.3) is 0 Å². The summed E-state index contributed by atoms with van der Waals surface area (Å²) in [6.45, 7) is 1.87. The molecule has 0 spiro atoms. The molecule has 98 valence electrons. The number of hydrogen-bond donors (Lipinski definition) is 3. The van der Waals surface area contributed by atoms with Gasteiger partial charge in [-0.05, 0) is 30.7 Å². The standard InChI is InChI=1S/C14H13FN2O2/c1-9-4-2-3-5-12(9)17-14(19)16-10-6-7-13(18)11(15)8-10/h2-8,18H,1H3,(H2,16,17,19). The lowest BCUT2D eigenvalue weighted by atomic mass is 10.2. The van der Waals surface area contributed by atoms with Gasteiger partial charge in [-0.15, -0.1) is 0 Å². The van der Waals surface area contributed by atoms with Crippen molar-refractivity contribution in [2.75, 3.05) is 10.6 Å². The summed E-state index contributed by atoms with van der Waals surface area (Å²) in [6, 6.07) is 10.5. The molecule has 3 N–H and O–H groups in total. The number of phenolic OH excluding ortho intramolecular Hbond substituents is 1. The number of benzene rings is 2. The van der Waals surface area contributed by atoms with Crippen molar-refractivity contribution in [1.29, 1.82) is 0 Å². The number of hydrogen-bond acceptors (Lipinski definition) is 2. The molecule has 0 unspecified atom stereocenters. The molecule has 0 fully saturated rings. The first-order chi connectivity index (χ1) is 9.06. The van der Waals surface area contributed by atoms with Crippen LogP contribution in [0.1, 0.15) is 5.56 Å². The molecular formula is C14H13FN2O2. The second kappa shape index (κ2) is 5.39. The summed E-state index contributed by atoms with van der Waals surface area (Å²) in [5.74, 6) is -1.24. The zero-order valence-electron chi connectivity index (χ0n) is 10.3. The van der Waals surface area contributed by atoms with Crippen LogP contribution < -0.4 is 10.6 Å². The SMILES string of the molecule is Cc1ccccc1NC(=O)Nc1ccc(O)c(F)c1. The molecule has 0 aliphatic carbocycles. The number of amides is 2. The van der Waals surface area contributed by atoms with Gasteiger partial charge in [0.25, 0.3) is 0 Å². The van der Waals surface area contributed by atoms with Gasteiger partial charge in [0.15, 0.2) is 11.6 Å². The van der Waals surface area contributed by atoms with E-state index in [9.17, 15) is 9.18 Å². The van der Waals surface area contributed by atoms with Gasteiger partial charge in [0.05, 0.1) is 0 Å². The monoisotopic (exact) mass is 260 g/mol. The lowest BCUT2D eigenvalue weighted by Gasteiger charge is -2.09. The van der Waals surface area contributed by atoms with E-state index in [1.807, 2.05) is 25.1 Å². The van der Waals surface area contributed by atoms with Gasteiger partial charge in [-0.1, -0.05) is 18.2 Å². The lowest BCUT2D eigenvalue weighted by Crippen LogP contribution is -2.19. The maximum absolute atomic E-state index is 13.1. The van der Waals surface area contributed by atoms with Crippen molar-refractivity contribution in [2.45, 2.75) is 6.92 Å². The van der Waals surface area contributed by atoms with Crippen LogP contribution in [0.15, 0.2) is 42.5 Å². The third-order valence-corrected chi connectivity index (χ3v) is 2.60. The summed E-state index contributed by atoms with van der Waals surface area (Å²) in [4.78, 5) is 11.7. The number of aryl methyl sites for hydroxylation is 1. The highest BCUT2D eigenvalue weighted by atomic mass is 19.1. The molecule has 2 aromatic rings. The van der Waals surface area contributed by atoms with Crippen LogP contribution in [0.3, 0.4) is 0 Å². The Bertz CT molecular complexity index is 614. The van der Waals surface area contributed by atoms with E-state index in [4.69, 9.17) is 5.11 Å². The highest BCUT2D eigenvalue weighted by Crippen LogP contribution is 2.20. The summed E-state index contributed by atoms with van der Waals surface area (Å²) < 4.78 is 13.1. The second-order valence-corrected chi connectivity index (χ2v) is 4.06. The summed E-state index contributed by atoms with van der Waals surface area (Å²) in [5, 5.41) is 14.2. The number of nitrogens with one attached hydrogen (secondary N) is 2. The van der Waals surface area contributed by atoms with Crippen molar-refractivity contribution < 1.29 is 14.3 Å². The van der Waals surface area contributed by atoms with Gasteiger partial charge in [0.2, 0.25) is 0 Å². The van der Waals surface area contributed by atoms with E-state index in [1.165, 1.54) is 12.1 Å². The summed E-state index contributed by atoms with van der Waals surface area (Å²) >= 11 is 0. The molecule has 0 aliphatic heterocycles. The Balaban J connectivity index is 2.05. The Morgan fingerprint density at radius 1 is 1.16 bits per heavy atom. The second-order valence-electron chi connectivity index (χ2n) is 4.06. The largest absolute Gasteiger partial charge is 0.505 e. The zero-order valence-corrected chi connectivity index (χ0v) is 10.3. The molecule has 0 saturated carbocycles. The summed E-state index contributed by atoms with van der Waals surface area (Å²) in [6.07, 6.45) is 0. The molecule has 0 heterocycles. The number of urea groups is 1. The van der Waals surface area contributed by atoms with Gasteiger partial charge in [-0.2, -0.15) is 0 Å². The molecule has 2 aromatic carbocycles. The smallest absolute Gasteiger partial charge is 0.323 e. The molecule has 0 aliphatic rings. The van der Waals surface area contributed by atoms with Crippen molar-refractivity contribution in [2.24, 2.45) is 0 Å². The van der Waals surface area contributed by atoms with Gasteiger partial charge < -0.3 is 15.7 Å². The van der Waals surface area contributed by atoms with E-state index in [0.29, 0.717) is 5.69 Å². The van der Waals surface area contributed by atoms with Crippen LogP contribution >= 0.6 is 0 Å². The molecule has 0 saturated heterocycles. The number of aromatic hydroxyl groups is 1. The minimum atomic E-state index is -0.784. The average Bonchev–Trinajstić information content (AvgIpc) is 2.37. The predicted molar refractivity (Wildman–Crippen MR) is 71.9 cm³/mol. The minimum absolute atomic E-state index is 0.265. The summed E-state index contributed by atoms with van der Waals surface area (Å²) in [7, 11) is 0. The Labute approximate surface area is 109 Å². The van der Waals surface area contributed by atoms with E-state index in [0.717, 1.165) is 11.6 Å². The topological polar surface area (TPSA) is 61.4 Å². The first-order valence-electron chi connectivity index (χ1n) is 5.68. The average molecular weight is 260 g/mol. The van der Waals surface area contributed by atoms with Crippen LogP contribution in [0.2, 0.25) is 0 Å². The normalized spacial score (nSPS) is 10.0. The van der Waals surface area contributed by atoms with Gasteiger partial charge in [0.1, 0.15) is 0 Å². The quantitative estimate of drug-likeness (QED) is 0.724. The van der Waals surface area contributed by atoms with E-state index < -0.39 is 17.6 Å². The molecule has 2 amide bonds. The van der Waals surface area contributed by atoms with Crippen LogP contribution in [-0.4, -0.2) is 11.1 Å². The van der Waals surface area contributed by atoms with Gasteiger partial charge >= 0.3 is 6.03 Å². The number of carbonyl (C=O) groups is 1. The minimum Gasteiger partial charge on any atom is -0.505 e. The third-order valence-electron chi connectivity index (χ3n) is 2.60. The van der Waals surface area contributed by atoms with Gasteiger partial charge in [0, 0.05) is 17.4 Å². The van der Waals surface area contributed by atoms with Crippen LogP contribution in [0.4, 0.5) is 20.6 Å². The fourth-order valence-electron chi connectivity index (χ4n) is 1.58. The molecule has 0 radical (unpaired) electrons. The first kappa shape index (κ1) is 12.9. The van der Waals surface area contributed by atoms with Crippen molar-refractivity contribution >= 4 is 17.4 Å². The van der Waals surface area contributed by atoms with E-state index in [-0.39, 0.29) is 5.69 Å². The Morgan fingerprint density at radius 2 is 1.89 bits per heavy atom. The number of phenols is 1. The molecule has 0 aromatic heterocycles. The number of para-hydroxylation sites is 1. The number of anilines is 2. The van der Waals surface area contributed by atoms with E-state index in [1.54, 1.807) is 6.07 Å². The Morgan fingerprint density at radius 3 is 2.58 bits per heavy atom. The lowest BCUT2D eigenvalue weighted by molar-refractivity contribution is 0.262. The zero-order chi connectivity index (χ0) is 13.8. The third kappa shape index (κ3) is 3.22. The van der Waals surface area contributed by atoms with Crippen molar-refractivity contribution in [3.63, 3.8) is 0 Å². The number of rotatable bonds is 2. The molecule has 19 heavy (non-hydrogen) atoms. The Kier molecular flexibility index (Phi) is 3.66. The number of carbonyl (C=O) groups excluding carboxylic acids is 1. The van der Waals surface area contributed by atoms with Gasteiger partial charge in [-0.3, -0.25) is 0 Å². The van der Waals surface area contributed by atoms with E-state index in [2.05, 4.69) is 10.6 Å². The predicted octanol–water partition coefficient (Wildman–Crippen LogP) is 3.48. The highest BCUT2D eigenvalue weighted by Gasteiger charge is 2.06. The van der Waals surface area contributed by atoms with Crippen molar-refractivity contribution in [3.05, 3.63) is 53.8 Å². The van der Waals surface area contributed by atoms with E-state index >= 15 is 0 Å². The molecule has 5 heteroatoms. The summed E-state index contributed by atoms with van der Waals surface area (Å²) in [5.41, 5.74) is 1.87. The molecular weight excluding hydrogens is 247 g/mol. The van der Waals surface area contributed by atoms with Crippen molar-refractivity contribution in [3.8, 4) is 5.75 Å². The van der Waals surface area contributed by atoms with Crippen molar-refractivity contribution in [1.82, 2.24) is 0 Å². The van der Waals surface area contributed by atoms with Crippen LogP contribution in [0, 0.1) is 12.7 Å². The molecule has 4 nitrogen and oxygen atoms in total. The molecule has 2 rings (SSSR count). The first-order valence-corrected chi connectivity index (χ1v) is 5.68. The highest BCUT2D eigenvalue weighted by molar-refractivity contribution is 6.00.